The molecule has 0 radical (unpaired) electrons. The third kappa shape index (κ3) is 4.10. The molecule has 0 spiro atoms. The zero-order chi connectivity index (χ0) is 27.2. The number of nitrogens with zero attached hydrogens (tertiary/aromatic N) is 1. The minimum atomic E-state index is 1.04. The van der Waals surface area contributed by atoms with Crippen LogP contribution in [-0.2, 0) is 0 Å². The number of fused-ring (bicyclic) bond motifs is 4. The summed E-state index contributed by atoms with van der Waals surface area (Å²) in [5.41, 5.74) is 11.6. The number of hydrogen-bond acceptors (Lipinski definition) is 0. The SMILES string of the molecule is C1=C(c2ccc3c(c2)c2ccccc2n3-c2cccc(-c3ccccc3)c2)CCC(c2cccc3ccccc23)=C1. The molecule has 1 nitrogen and oxygen atoms in total. The molecule has 0 aliphatic heterocycles. The zero-order valence-electron chi connectivity index (χ0n) is 22.8. The van der Waals surface area contributed by atoms with Crippen molar-refractivity contribution in [1.29, 1.82) is 0 Å². The van der Waals surface area contributed by atoms with Gasteiger partial charge in [0.25, 0.3) is 0 Å². The summed E-state index contributed by atoms with van der Waals surface area (Å²) in [5, 5.41) is 5.23. The summed E-state index contributed by atoms with van der Waals surface area (Å²) in [6.45, 7) is 0. The van der Waals surface area contributed by atoms with Gasteiger partial charge in [-0.05, 0) is 87.3 Å². The van der Waals surface area contributed by atoms with Gasteiger partial charge in [0.2, 0.25) is 0 Å². The van der Waals surface area contributed by atoms with Crippen molar-refractivity contribution in [3.63, 3.8) is 0 Å². The molecule has 0 N–H and O–H groups in total. The fourth-order valence-electron chi connectivity index (χ4n) is 6.51. The van der Waals surface area contributed by atoms with E-state index in [1.165, 1.54) is 71.7 Å². The Kier molecular flexibility index (Phi) is 5.67. The Morgan fingerprint density at radius 1 is 0.415 bits per heavy atom. The molecular weight excluding hydrogens is 494 g/mol. The smallest absolute Gasteiger partial charge is 0.0541 e. The second-order valence-electron chi connectivity index (χ2n) is 10.9. The van der Waals surface area contributed by atoms with Crippen molar-refractivity contribution in [2.75, 3.05) is 0 Å². The summed E-state index contributed by atoms with van der Waals surface area (Å²) < 4.78 is 2.41. The van der Waals surface area contributed by atoms with Crippen molar-refractivity contribution in [2.45, 2.75) is 12.8 Å². The van der Waals surface area contributed by atoms with Crippen molar-refractivity contribution in [3.8, 4) is 16.8 Å². The third-order valence-corrected chi connectivity index (χ3v) is 8.54. The standard InChI is InChI=1S/C40H29N/c1-2-10-28(11-3-1)32-14-8-15-34(26-32)41-39-19-7-6-17-37(39)38-27-33(24-25-40(38)41)29-20-22-31(23-21-29)36-18-9-13-30-12-4-5-16-35(30)36/h1-20,22,24-27H,21,23H2. The lowest BCUT2D eigenvalue weighted by Gasteiger charge is -2.17. The van der Waals surface area contributed by atoms with Crippen molar-refractivity contribution >= 4 is 43.7 Å². The summed E-state index contributed by atoms with van der Waals surface area (Å²) in [6, 6.07) is 50.7. The van der Waals surface area contributed by atoms with Crippen LogP contribution in [0.2, 0.25) is 0 Å². The van der Waals surface area contributed by atoms with Gasteiger partial charge in [-0.3, -0.25) is 0 Å². The lowest BCUT2D eigenvalue weighted by Crippen LogP contribution is -1.96. The van der Waals surface area contributed by atoms with Crippen LogP contribution in [0, 0.1) is 0 Å². The number of para-hydroxylation sites is 1. The van der Waals surface area contributed by atoms with E-state index in [1.54, 1.807) is 0 Å². The molecule has 8 rings (SSSR count). The highest BCUT2D eigenvalue weighted by atomic mass is 15.0. The predicted octanol–water partition coefficient (Wildman–Crippen LogP) is 10.9. The van der Waals surface area contributed by atoms with Crippen LogP contribution >= 0.6 is 0 Å². The first-order chi connectivity index (χ1) is 20.3. The van der Waals surface area contributed by atoms with Crippen LogP contribution in [0.1, 0.15) is 24.0 Å². The van der Waals surface area contributed by atoms with Crippen LogP contribution < -0.4 is 0 Å². The zero-order valence-corrected chi connectivity index (χ0v) is 22.8. The van der Waals surface area contributed by atoms with Crippen LogP contribution in [0.4, 0.5) is 0 Å². The quantitative estimate of drug-likeness (QED) is 0.216. The van der Waals surface area contributed by atoms with Gasteiger partial charge in [-0.2, -0.15) is 0 Å². The van der Waals surface area contributed by atoms with Crippen molar-refractivity contribution < 1.29 is 0 Å². The van der Waals surface area contributed by atoms with Gasteiger partial charge in [0.05, 0.1) is 11.0 Å². The van der Waals surface area contributed by atoms with E-state index in [-0.39, 0.29) is 0 Å². The second-order valence-corrected chi connectivity index (χ2v) is 10.9. The Morgan fingerprint density at radius 3 is 1.98 bits per heavy atom. The average molecular weight is 524 g/mol. The maximum Gasteiger partial charge on any atom is 0.0541 e. The average Bonchev–Trinajstić information content (AvgIpc) is 3.39. The first-order valence-corrected chi connectivity index (χ1v) is 14.4. The summed E-state index contributed by atoms with van der Waals surface area (Å²) in [7, 11) is 0. The second kappa shape index (κ2) is 9.80. The number of rotatable bonds is 4. The normalized spacial score (nSPS) is 13.5. The molecule has 41 heavy (non-hydrogen) atoms. The van der Waals surface area contributed by atoms with Crippen LogP contribution in [-0.4, -0.2) is 4.57 Å². The van der Waals surface area contributed by atoms with Crippen LogP contribution in [0.15, 0.2) is 152 Å². The highest BCUT2D eigenvalue weighted by Gasteiger charge is 2.16. The molecule has 1 aliphatic carbocycles. The maximum atomic E-state index is 2.41. The van der Waals surface area contributed by atoms with Crippen LogP contribution in [0.5, 0.6) is 0 Å². The Hall–Kier alpha value is -5.14. The van der Waals surface area contributed by atoms with Gasteiger partial charge in [-0.15, -0.1) is 0 Å². The lowest BCUT2D eigenvalue weighted by molar-refractivity contribution is 1.07. The van der Waals surface area contributed by atoms with Gasteiger partial charge in [0.1, 0.15) is 0 Å². The van der Waals surface area contributed by atoms with E-state index in [0.29, 0.717) is 0 Å². The monoisotopic (exact) mass is 523 g/mol. The summed E-state index contributed by atoms with van der Waals surface area (Å²) in [5.74, 6) is 0. The highest BCUT2D eigenvalue weighted by Crippen LogP contribution is 2.38. The Morgan fingerprint density at radius 2 is 1.10 bits per heavy atom. The third-order valence-electron chi connectivity index (χ3n) is 8.54. The van der Waals surface area contributed by atoms with Gasteiger partial charge in [-0.25, -0.2) is 0 Å². The molecule has 0 amide bonds. The summed E-state index contributed by atoms with van der Waals surface area (Å²) >= 11 is 0. The molecule has 194 valence electrons. The molecule has 6 aromatic carbocycles. The summed E-state index contributed by atoms with van der Waals surface area (Å²) in [6.07, 6.45) is 6.76. The minimum Gasteiger partial charge on any atom is -0.309 e. The fraction of sp³-hybridized carbons (Fsp3) is 0.0500. The van der Waals surface area contributed by atoms with Gasteiger partial charge in [0.15, 0.2) is 0 Å². The van der Waals surface area contributed by atoms with Crippen LogP contribution in [0.3, 0.4) is 0 Å². The number of aromatic nitrogens is 1. The highest BCUT2D eigenvalue weighted by molar-refractivity contribution is 6.10. The van der Waals surface area contributed by atoms with Gasteiger partial charge in [0, 0.05) is 16.5 Å². The molecule has 1 aromatic heterocycles. The minimum absolute atomic E-state index is 1.04. The molecule has 0 atom stereocenters. The molecule has 0 saturated heterocycles. The summed E-state index contributed by atoms with van der Waals surface area (Å²) in [4.78, 5) is 0. The molecule has 1 heteroatoms. The molecule has 0 bridgehead atoms. The van der Waals surface area contributed by atoms with E-state index in [1.807, 2.05) is 0 Å². The molecule has 0 unspecified atom stereocenters. The molecule has 7 aromatic rings. The molecule has 1 heterocycles. The largest absolute Gasteiger partial charge is 0.309 e. The number of benzene rings is 6. The van der Waals surface area contributed by atoms with E-state index >= 15 is 0 Å². The number of hydrogen-bond donors (Lipinski definition) is 0. The van der Waals surface area contributed by atoms with E-state index in [2.05, 4.69) is 156 Å². The van der Waals surface area contributed by atoms with E-state index in [9.17, 15) is 0 Å². The van der Waals surface area contributed by atoms with Crippen LogP contribution in [0.25, 0.3) is 60.5 Å². The molecule has 0 saturated carbocycles. The maximum absolute atomic E-state index is 2.41. The lowest BCUT2D eigenvalue weighted by atomic mass is 9.88. The van der Waals surface area contributed by atoms with E-state index in [4.69, 9.17) is 0 Å². The Bertz CT molecular complexity index is 2130. The number of allylic oxidation sites excluding steroid dienone is 4. The first-order valence-electron chi connectivity index (χ1n) is 14.4. The fourth-order valence-corrected chi connectivity index (χ4v) is 6.51. The van der Waals surface area contributed by atoms with E-state index in [0.717, 1.165) is 12.8 Å². The predicted molar refractivity (Wildman–Crippen MR) is 175 cm³/mol. The Labute approximate surface area is 240 Å². The first kappa shape index (κ1) is 23.7. The molecular formula is C40H29N. The van der Waals surface area contributed by atoms with Crippen molar-refractivity contribution in [2.24, 2.45) is 0 Å². The topological polar surface area (TPSA) is 4.93 Å². The Balaban J connectivity index is 1.22. The van der Waals surface area contributed by atoms with Gasteiger partial charge < -0.3 is 4.57 Å². The molecule has 0 fully saturated rings. The molecule has 1 aliphatic rings. The van der Waals surface area contributed by atoms with Crippen molar-refractivity contribution in [1.82, 2.24) is 4.57 Å². The van der Waals surface area contributed by atoms with Gasteiger partial charge >= 0.3 is 0 Å². The van der Waals surface area contributed by atoms with Crippen molar-refractivity contribution in [3.05, 3.63) is 163 Å². The van der Waals surface area contributed by atoms with E-state index < -0.39 is 0 Å². The van der Waals surface area contributed by atoms with Gasteiger partial charge in [-0.1, -0.05) is 121 Å².